The number of hydrogen-bond acceptors (Lipinski definition) is 4. The Bertz CT molecular complexity index is 986. The first-order chi connectivity index (χ1) is 14.1. The number of rotatable bonds is 10. The molecule has 1 N–H and O–H groups in total. The molecule has 0 saturated carbocycles. The second-order valence-electron chi connectivity index (χ2n) is 6.88. The fourth-order valence-corrected chi connectivity index (χ4v) is 3.84. The highest BCUT2D eigenvalue weighted by atomic mass is 32.1. The summed E-state index contributed by atoms with van der Waals surface area (Å²) >= 11 is 1.55. The van der Waals surface area contributed by atoms with E-state index in [1.54, 1.807) is 35.7 Å². The molecule has 150 valence electrons. The molecule has 29 heavy (non-hydrogen) atoms. The van der Waals surface area contributed by atoms with Gasteiger partial charge in [-0.1, -0.05) is 43.7 Å². The summed E-state index contributed by atoms with van der Waals surface area (Å²) < 4.78 is 2.07. The van der Waals surface area contributed by atoms with Crippen LogP contribution in [0.1, 0.15) is 52.1 Å². The molecule has 0 atom stereocenters. The van der Waals surface area contributed by atoms with Crippen molar-refractivity contribution in [2.24, 2.45) is 0 Å². The van der Waals surface area contributed by atoms with E-state index in [2.05, 4.69) is 16.5 Å². The van der Waals surface area contributed by atoms with Crippen LogP contribution in [0, 0.1) is 0 Å². The number of carboxylic acid groups (broad SMARTS) is 1. The fourth-order valence-electron chi connectivity index (χ4n) is 3.11. The summed E-state index contributed by atoms with van der Waals surface area (Å²) in [5.41, 5.74) is 2.79. The van der Waals surface area contributed by atoms with Crippen molar-refractivity contribution in [1.29, 1.82) is 0 Å². The van der Waals surface area contributed by atoms with Gasteiger partial charge in [0.15, 0.2) is 0 Å². The Hall–Kier alpha value is -2.99. The van der Waals surface area contributed by atoms with Crippen LogP contribution in [0.25, 0.3) is 6.08 Å². The molecule has 0 unspecified atom stereocenters. The van der Waals surface area contributed by atoms with Crippen LogP contribution in [0.3, 0.4) is 0 Å². The minimum absolute atomic E-state index is 0.340. The fraction of sp³-hybridized carbons (Fsp3) is 0.261. The maximum atomic E-state index is 11.8. The van der Waals surface area contributed by atoms with Crippen molar-refractivity contribution in [1.82, 2.24) is 9.55 Å². The minimum Gasteiger partial charge on any atom is -0.478 e. The van der Waals surface area contributed by atoms with Crippen molar-refractivity contribution in [3.05, 3.63) is 81.1 Å². The lowest BCUT2D eigenvalue weighted by atomic mass is 10.1. The number of aromatic nitrogens is 2. The summed E-state index contributed by atoms with van der Waals surface area (Å²) in [7, 11) is 0. The summed E-state index contributed by atoms with van der Waals surface area (Å²) in [6.45, 7) is 2.71. The molecule has 0 amide bonds. The molecular formula is C23H24N2O3S. The maximum Gasteiger partial charge on any atom is 0.332 e. The molecule has 0 bridgehead atoms. The second-order valence-corrected chi connectivity index (χ2v) is 7.91. The molecule has 0 saturated heterocycles. The predicted molar refractivity (Wildman–Crippen MR) is 115 cm³/mol. The van der Waals surface area contributed by atoms with Crippen LogP contribution in [0.4, 0.5) is 0 Å². The van der Waals surface area contributed by atoms with Gasteiger partial charge in [0, 0.05) is 35.4 Å². The van der Waals surface area contributed by atoms with Gasteiger partial charge < -0.3 is 9.67 Å². The molecule has 0 aliphatic rings. The normalized spacial score (nSPS) is 11.6. The SMILES string of the molecule is CCCCc1ncc(/C=C(\Cc2cccs2)C(=O)O)n1Cc1ccc(C=O)cc1. The Morgan fingerprint density at radius 2 is 2.03 bits per heavy atom. The molecule has 2 heterocycles. The summed E-state index contributed by atoms with van der Waals surface area (Å²) in [5.74, 6) is 0.0232. The Morgan fingerprint density at radius 3 is 2.66 bits per heavy atom. The highest BCUT2D eigenvalue weighted by molar-refractivity contribution is 7.09. The average molecular weight is 409 g/mol. The van der Waals surface area contributed by atoms with E-state index < -0.39 is 5.97 Å². The smallest absolute Gasteiger partial charge is 0.332 e. The number of unbranched alkanes of at least 4 members (excludes halogenated alkanes) is 1. The van der Waals surface area contributed by atoms with E-state index in [1.165, 1.54) is 0 Å². The molecule has 5 nitrogen and oxygen atoms in total. The number of carbonyl (C=O) groups is 2. The van der Waals surface area contributed by atoms with Gasteiger partial charge in [0.25, 0.3) is 0 Å². The van der Waals surface area contributed by atoms with Crippen LogP contribution in [0.2, 0.25) is 0 Å². The number of benzene rings is 1. The van der Waals surface area contributed by atoms with E-state index in [0.29, 0.717) is 24.1 Å². The predicted octanol–water partition coefficient (Wildman–Crippen LogP) is 4.86. The Kier molecular flexibility index (Phi) is 7.14. The molecule has 0 spiro atoms. The van der Waals surface area contributed by atoms with E-state index in [1.807, 2.05) is 29.6 Å². The first-order valence-electron chi connectivity index (χ1n) is 9.65. The number of nitrogens with zero attached hydrogens (tertiary/aromatic N) is 2. The summed E-state index contributed by atoms with van der Waals surface area (Å²) in [5, 5.41) is 11.6. The van der Waals surface area contributed by atoms with Gasteiger partial charge in [-0.15, -0.1) is 11.3 Å². The Morgan fingerprint density at radius 1 is 1.24 bits per heavy atom. The molecule has 1 aromatic carbocycles. The highest BCUT2D eigenvalue weighted by Gasteiger charge is 2.14. The molecule has 3 rings (SSSR count). The quantitative estimate of drug-likeness (QED) is 0.384. The number of aldehydes is 1. The zero-order valence-corrected chi connectivity index (χ0v) is 17.2. The maximum absolute atomic E-state index is 11.8. The van der Waals surface area contributed by atoms with E-state index in [9.17, 15) is 14.7 Å². The molecule has 3 aromatic rings. The van der Waals surface area contributed by atoms with Crippen molar-refractivity contribution in [2.45, 2.75) is 39.2 Å². The topological polar surface area (TPSA) is 72.2 Å². The van der Waals surface area contributed by atoms with Crippen LogP contribution < -0.4 is 0 Å². The number of hydrogen-bond donors (Lipinski definition) is 1. The van der Waals surface area contributed by atoms with Crippen LogP contribution in [0.15, 0.2) is 53.5 Å². The lowest BCUT2D eigenvalue weighted by Gasteiger charge is -2.11. The van der Waals surface area contributed by atoms with Crippen LogP contribution in [-0.2, 0) is 24.2 Å². The van der Waals surface area contributed by atoms with Gasteiger partial charge in [0.2, 0.25) is 0 Å². The number of carbonyl (C=O) groups excluding carboxylic acids is 1. The minimum atomic E-state index is -0.920. The van der Waals surface area contributed by atoms with E-state index in [-0.39, 0.29) is 0 Å². The average Bonchev–Trinajstić information content (AvgIpc) is 3.37. The van der Waals surface area contributed by atoms with Crippen molar-refractivity contribution < 1.29 is 14.7 Å². The molecule has 2 aromatic heterocycles. The zero-order chi connectivity index (χ0) is 20.6. The lowest BCUT2D eigenvalue weighted by Crippen LogP contribution is -2.09. The molecule has 0 fully saturated rings. The van der Waals surface area contributed by atoms with Gasteiger partial charge in [0.05, 0.1) is 11.9 Å². The summed E-state index contributed by atoms with van der Waals surface area (Å²) in [6, 6.07) is 11.3. The van der Waals surface area contributed by atoms with Crippen LogP contribution in [0.5, 0.6) is 0 Å². The highest BCUT2D eigenvalue weighted by Crippen LogP contribution is 2.20. The Balaban J connectivity index is 1.94. The van der Waals surface area contributed by atoms with E-state index in [4.69, 9.17) is 0 Å². The number of aryl methyl sites for hydroxylation is 1. The third-order valence-corrected chi connectivity index (χ3v) is 5.60. The Labute approximate surface area is 174 Å². The van der Waals surface area contributed by atoms with Gasteiger partial charge in [-0.05, 0) is 29.5 Å². The number of carboxylic acids is 1. The third kappa shape index (κ3) is 5.51. The third-order valence-electron chi connectivity index (χ3n) is 4.72. The first-order valence-corrected chi connectivity index (χ1v) is 10.5. The molecule has 6 heteroatoms. The number of thiophene rings is 1. The van der Waals surface area contributed by atoms with Crippen molar-refractivity contribution in [3.63, 3.8) is 0 Å². The van der Waals surface area contributed by atoms with Crippen LogP contribution >= 0.6 is 11.3 Å². The van der Waals surface area contributed by atoms with Gasteiger partial charge in [-0.2, -0.15) is 0 Å². The lowest BCUT2D eigenvalue weighted by molar-refractivity contribution is -0.132. The number of aliphatic carboxylic acids is 1. The second kappa shape index (κ2) is 9.98. The molecule has 0 aliphatic carbocycles. The number of imidazole rings is 1. The largest absolute Gasteiger partial charge is 0.478 e. The van der Waals surface area contributed by atoms with Gasteiger partial charge in [-0.3, -0.25) is 4.79 Å². The molecule has 0 aliphatic heterocycles. The molecule has 0 radical (unpaired) electrons. The van der Waals surface area contributed by atoms with Crippen molar-refractivity contribution in [2.75, 3.05) is 0 Å². The van der Waals surface area contributed by atoms with Gasteiger partial charge >= 0.3 is 5.97 Å². The standard InChI is InChI=1S/C23H24N2O3S/c1-2-3-6-22-24-14-20(12-19(23(27)28)13-21-5-4-11-29-21)25(22)15-17-7-9-18(16-26)10-8-17/h4-5,7-12,14,16H,2-3,6,13,15H2,1H3,(H,27,28)/b19-12+. The zero-order valence-electron chi connectivity index (χ0n) is 16.4. The molecular weight excluding hydrogens is 384 g/mol. The summed E-state index contributed by atoms with van der Waals surface area (Å²) in [6.07, 6.45) is 7.61. The van der Waals surface area contributed by atoms with Gasteiger partial charge in [0.1, 0.15) is 12.1 Å². The van der Waals surface area contributed by atoms with Gasteiger partial charge in [-0.25, -0.2) is 9.78 Å². The van der Waals surface area contributed by atoms with Crippen LogP contribution in [-0.4, -0.2) is 26.9 Å². The first kappa shape index (κ1) is 20.7. The van der Waals surface area contributed by atoms with E-state index in [0.717, 1.165) is 47.5 Å². The van der Waals surface area contributed by atoms with Crippen molar-refractivity contribution >= 4 is 29.7 Å². The van der Waals surface area contributed by atoms with Crippen molar-refractivity contribution in [3.8, 4) is 0 Å². The van der Waals surface area contributed by atoms with E-state index >= 15 is 0 Å². The monoisotopic (exact) mass is 408 g/mol. The summed E-state index contributed by atoms with van der Waals surface area (Å²) in [4.78, 5) is 28.3.